The van der Waals surface area contributed by atoms with Gasteiger partial charge < -0.3 is 4.74 Å². The molecule has 0 fully saturated rings. The van der Waals surface area contributed by atoms with E-state index in [1.165, 1.54) is 16.0 Å². The molecule has 0 saturated carbocycles. The molecule has 0 heterocycles. The number of benzene rings is 2. The summed E-state index contributed by atoms with van der Waals surface area (Å²) in [4.78, 5) is 1.27. The maximum absolute atomic E-state index is 5.70. The van der Waals surface area contributed by atoms with Crippen molar-refractivity contribution in [1.82, 2.24) is 5.43 Å². The number of thioether (sulfide) groups is 1. The second-order valence-electron chi connectivity index (χ2n) is 5.01. The summed E-state index contributed by atoms with van der Waals surface area (Å²) in [5, 5.41) is 0. The summed E-state index contributed by atoms with van der Waals surface area (Å²) in [6.07, 6.45) is 0.847. The summed E-state index contributed by atoms with van der Waals surface area (Å²) in [5.41, 5.74) is 5.36. The zero-order chi connectivity index (χ0) is 15.1. The number of nitrogens with two attached hydrogens (primary N) is 1. The zero-order valence-electron chi connectivity index (χ0n) is 12.5. The smallest absolute Gasteiger partial charge is 0.122 e. The largest absolute Gasteiger partial charge is 0.496 e. The van der Waals surface area contributed by atoms with Gasteiger partial charge in [-0.3, -0.25) is 11.3 Å². The van der Waals surface area contributed by atoms with Crippen molar-refractivity contribution in [2.75, 3.05) is 12.9 Å². The number of hydrogen-bond acceptors (Lipinski definition) is 4. The third-order valence-corrected chi connectivity index (χ3v) is 4.49. The molecule has 0 radical (unpaired) electrons. The molecule has 0 bridgehead atoms. The van der Waals surface area contributed by atoms with Gasteiger partial charge in [0.25, 0.3) is 0 Å². The molecule has 0 aromatic heterocycles. The Hall–Kier alpha value is -1.49. The topological polar surface area (TPSA) is 47.3 Å². The number of nitrogens with one attached hydrogen (secondary N) is 1. The minimum Gasteiger partial charge on any atom is -0.496 e. The second kappa shape index (κ2) is 8.08. The monoisotopic (exact) mass is 302 g/mol. The molecule has 2 aromatic rings. The predicted octanol–water partition coefficient (Wildman–Crippen LogP) is 3.17. The molecule has 4 heteroatoms. The third-order valence-electron chi connectivity index (χ3n) is 3.34. The lowest BCUT2D eigenvalue weighted by atomic mass is 10.1. The van der Waals surface area contributed by atoms with Gasteiger partial charge in [0.2, 0.25) is 0 Å². The third kappa shape index (κ3) is 4.77. The summed E-state index contributed by atoms with van der Waals surface area (Å²) < 4.78 is 5.39. The minimum atomic E-state index is 0.201. The van der Waals surface area contributed by atoms with Crippen molar-refractivity contribution >= 4 is 11.8 Å². The average Bonchev–Trinajstić information content (AvgIpc) is 2.52. The molecule has 2 aromatic carbocycles. The highest BCUT2D eigenvalue weighted by Gasteiger charge is 2.11. The van der Waals surface area contributed by atoms with E-state index >= 15 is 0 Å². The van der Waals surface area contributed by atoms with Gasteiger partial charge in [-0.1, -0.05) is 35.9 Å². The van der Waals surface area contributed by atoms with Crippen LogP contribution in [0.15, 0.2) is 53.4 Å². The van der Waals surface area contributed by atoms with Crippen molar-refractivity contribution in [2.24, 2.45) is 5.84 Å². The summed E-state index contributed by atoms with van der Waals surface area (Å²) in [6.45, 7) is 2.11. The molecule has 0 amide bonds. The van der Waals surface area contributed by atoms with E-state index in [0.29, 0.717) is 0 Å². The highest BCUT2D eigenvalue weighted by molar-refractivity contribution is 7.99. The van der Waals surface area contributed by atoms with Gasteiger partial charge in [-0.15, -0.1) is 11.8 Å². The van der Waals surface area contributed by atoms with Crippen LogP contribution in [0.4, 0.5) is 0 Å². The molecule has 1 atom stereocenters. The standard InChI is InChI=1S/C17H22N2OS/c1-13-6-5-8-16(10-13)21-12-15(19-18)11-14-7-3-4-9-17(14)20-2/h3-10,15,19H,11-12,18H2,1-2H3. The second-order valence-corrected chi connectivity index (χ2v) is 6.10. The number of hydrogen-bond donors (Lipinski definition) is 2. The lowest BCUT2D eigenvalue weighted by molar-refractivity contribution is 0.406. The van der Waals surface area contributed by atoms with Crippen LogP contribution in [0.5, 0.6) is 5.75 Å². The van der Waals surface area contributed by atoms with Gasteiger partial charge in [-0.25, -0.2) is 0 Å². The first-order chi connectivity index (χ1) is 10.2. The van der Waals surface area contributed by atoms with Crippen LogP contribution in [0, 0.1) is 6.92 Å². The van der Waals surface area contributed by atoms with E-state index in [4.69, 9.17) is 10.6 Å². The van der Waals surface area contributed by atoms with Gasteiger partial charge in [-0.2, -0.15) is 0 Å². The molecule has 2 rings (SSSR count). The van der Waals surface area contributed by atoms with E-state index in [9.17, 15) is 0 Å². The van der Waals surface area contributed by atoms with Crippen LogP contribution < -0.4 is 16.0 Å². The Morgan fingerprint density at radius 3 is 2.71 bits per heavy atom. The van der Waals surface area contributed by atoms with Crippen LogP contribution in [0.2, 0.25) is 0 Å². The molecule has 1 unspecified atom stereocenters. The predicted molar refractivity (Wildman–Crippen MR) is 89.7 cm³/mol. The Balaban J connectivity index is 1.97. The molecule has 0 aliphatic carbocycles. The Kier molecular flexibility index (Phi) is 6.11. The van der Waals surface area contributed by atoms with E-state index in [1.54, 1.807) is 7.11 Å². The van der Waals surface area contributed by atoms with Crippen LogP contribution in [0.3, 0.4) is 0 Å². The first kappa shape index (κ1) is 15.9. The first-order valence-electron chi connectivity index (χ1n) is 7.00. The fourth-order valence-electron chi connectivity index (χ4n) is 2.20. The number of hydrazine groups is 1. The SMILES string of the molecule is COc1ccccc1CC(CSc1cccc(C)c1)NN. The van der Waals surface area contributed by atoms with Crippen LogP contribution in [0.1, 0.15) is 11.1 Å². The molecule has 0 aliphatic heterocycles. The van der Waals surface area contributed by atoms with Crippen molar-refractivity contribution in [3.8, 4) is 5.75 Å². The van der Waals surface area contributed by atoms with Gasteiger partial charge in [0.15, 0.2) is 0 Å². The van der Waals surface area contributed by atoms with Crippen molar-refractivity contribution in [2.45, 2.75) is 24.3 Å². The van der Waals surface area contributed by atoms with Gasteiger partial charge in [0.1, 0.15) is 5.75 Å². The summed E-state index contributed by atoms with van der Waals surface area (Å²) in [5.74, 6) is 7.53. The normalized spacial score (nSPS) is 12.1. The Bertz CT molecular complexity index is 574. The Morgan fingerprint density at radius 2 is 2.00 bits per heavy atom. The van der Waals surface area contributed by atoms with Crippen molar-refractivity contribution in [3.63, 3.8) is 0 Å². The van der Waals surface area contributed by atoms with Crippen LogP contribution >= 0.6 is 11.8 Å². The highest BCUT2D eigenvalue weighted by atomic mass is 32.2. The van der Waals surface area contributed by atoms with Crippen molar-refractivity contribution in [3.05, 3.63) is 59.7 Å². The summed E-state index contributed by atoms with van der Waals surface area (Å²) >= 11 is 1.82. The Morgan fingerprint density at radius 1 is 1.19 bits per heavy atom. The van der Waals surface area contributed by atoms with E-state index in [2.05, 4.69) is 42.7 Å². The van der Waals surface area contributed by atoms with E-state index in [1.807, 2.05) is 30.0 Å². The van der Waals surface area contributed by atoms with E-state index < -0.39 is 0 Å². The fraction of sp³-hybridized carbons (Fsp3) is 0.294. The highest BCUT2D eigenvalue weighted by Crippen LogP contribution is 2.23. The summed E-state index contributed by atoms with van der Waals surface area (Å²) in [6, 6.07) is 16.8. The van der Waals surface area contributed by atoms with Gasteiger partial charge in [0, 0.05) is 16.7 Å². The maximum Gasteiger partial charge on any atom is 0.122 e. The fourth-order valence-corrected chi connectivity index (χ4v) is 3.26. The number of ether oxygens (including phenoxy) is 1. The molecular weight excluding hydrogens is 280 g/mol. The maximum atomic E-state index is 5.70. The first-order valence-corrected chi connectivity index (χ1v) is 7.99. The number of para-hydroxylation sites is 1. The molecule has 112 valence electrons. The lowest BCUT2D eigenvalue weighted by Crippen LogP contribution is -2.38. The van der Waals surface area contributed by atoms with Crippen molar-refractivity contribution < 1.29 is 4.74 Å². The van der Waals surface area contributed by atoms with Crippen LogP contribution in [-0.4, -0.2) is 18.9 Å². The quantitative estimate of drug-likeness (QED) is 0.468. The number of rotatable bonds is 7. The number of aryl methyl sites for hydroxylation is 1. The van der Waals surface area contributed by atoms with Gasteiger partial charge in [-0.05, 0) is 37.1 Å². The molecule has 3 nitrogen and oxygen atoms in total. The van der Waals surface area contributed by atoms with Gasteiger partial charge >= 0.3 is 0 Å². The Labute approximate surface area is 130 Å². The van der Waals surface area contributed by atoms with Crippen LogP contribution in [0.25, 0.3) is 0 Å². The average molecular weight is 302 g/mol. The van der Waals surface area contributed by atoms with Crippen LogP contribution in [-0.2, 0) is 6.42 Å². The van der Waals surface area contributed by atoms with E-state index in [-0.39, 0.29) is 6.04 Å². The minimum absolute atomic E-state index is 0.201. The lowest BCUT2D eigenvalue weighted by Gasteiger charge is -2.17. The molecule has 3 N–H and O–H groups in total. The molecule has 0 aliphatic rings. The summed E-state index contributed by atoms with van der Waals surface area (Å²) in [7, 11) is 1.70. The van der Waals surface area contributed by atoms with E-state index in [0.717, 1.165) is 17.9 Å². The molecule has 21 heavy (non-hydrogen) atoms. The molecule has 0 spiro atoms. The number of methoxy groups -OCH3 is 1. The van der Waals surface area contributed by atoms with Crippen molar-refractivity contribution in [1.29, 1.82) is 0 Å². The zero-order valence-corrected chi connectivity index (χ0v) is 13.3. The van der Waals surface area contributed by atoms with Gasteiger partial charge in [0.05, 0.1) is 7.11 Å². The molecule has 0 saturated heterocycles. The molecular formula is C17H22N2OS.